The predicted octanol–water partition coefficient (Wildman–Crippen LogP) is 1.65. The minimum atomic E-state index is -1.40. The summed E-state index contributed by atoms with van der Waals surface area (Å²) in [5, 5.41) is 23.5. The molecule has 30 heavy (non-hydrogen) atoms. The summed E-state index contributed by atoms with van der Waals surface area (Å²) in [5.41, 5.74) is 3.76. The number of Topliss-reactive ketones (excluding diaryl/α,β-unsaturated/α-hetero) is 1. The maximum absolute atomic E-state index is 13.4. The smallest absolute Gasteiger partial charge is 0.255 e. The molecule has 0 saturated carbocycles. The fourth-order valence-electron chi connectivity index (χ4n) is 5.28. The van der Waals surface area contributed by atoms with Gasteiger partial charge in [0.05, 0.1) is 6.54 Å². The van der Waals surface area contributed by atoms with Gasteiger partial charge in [0.1, 0.15) is 12.2 Å². The molecule has 3 rings (SSSR count). The van der Waals surface area contributed by atoms with E-state index < -0.39 is 23.6 Å². The molecule has 7 nitrogen and oxygen atoms in total. The summed E-state index contributed by atoms with van der Waals surface area (Å²) in [5.74, 6) is -0.604. The molecule has 0 bridgehead atoms. The number of carbonyl (C=O) groups excluding carboxylic acids is 2. The summed E-state index contributed by atoms with van der Waals surface area (Å²) >= 11 is 0. The van der Waals surface area contributed by atoms with Crippen LogP contribution in [0.15, 0.2) is 23.3 Å². The van der Waals surface area contributed by atoms with E-state index >= 15 is 0 Å². The van der Waals surface area contributed by atoms with Crippen LogP contribution in [0.2, 0.25) is 0 Å². The maximum Gasteiger partial charge on any atom is 0.255 e. The molecule has 0 unspecified atom stereocenters. The highest BCUT2D eigenvalue weighted by Crippen LogP contribution is 2.50. The van der Waals surface area contributed by atoms with E-state index in [4.69, 9.17) is 4.84 Å². The number of amides is 1. The largest absolute Gasteiger partial charge is 0.385 e. The topological polar surface area (TPSA) is 108 Å². The van der Waals surface area contributed by atoms with Crippen LogP contribution in [0, 0.1) is 23.7 Å². The first-order valence-electron chi connectivity index (χ1n) is 11.0. The third kappa shape index (κ3) is 4.13. The van der Waals surface area contributed by atoms with E-state index in [1.807, 2.05) is 13.0 Å². The van der Waals surface area contributed by atoms with Crippen LogP contribution in [0.3, 0.4) is 0 Å². The molecule has 4 N–H and O–H groups in total. The predicted molar refractivity (Wildman–Crippen MR) is 113 cm³/mol. The zero-order valence-electron chi connectivity index (χ0n) is 18.6. The first-order valence-corrected chi connectivity index (χ1v) is 11.0. The molecule has 1 saturated heterocycles. The molecule has 1 spiro atoms. The number of hydroxylamine groups is 1. The van der Waals surface area contributed by atoms with Crippen molar-refractivity contribution in [2.75, 3.05) is 6.54 Å². The lowest BCUT2D eigenvalue weighted by molar-refractivity contribution is -0.177. The van der Waals surface area contributed by atoms with Gasteiger partial charge in [0.25, 0.3) is 5.91 Å². The number of nitrogens with one attached hydrogen (secondary N) is 2. The Hall–Kier alpha value is -1.54. The summed E-state index contributed by atoms with van der Waals surface area (Å²) < 4.78 is 0. The van der Waals surface area contributed by atoms with Crippen LogP contribution in [-0.2, 0) is 14.4 Å². The summed E-state index contributed by atoms with van der Waals surface area (Å²) in [7, 11) is 0. The van der Waals surface area contributed by atoms with Crippen molar-refractivity contribution in [3.05, 3.63) is 23.3 Å². The highest BCUT2D eigenvalue weighted by atomic mass is 16.7. The van der Waals surface area contributed by atoms with E-state index in [-0.39, 0.29) is 42.7 Å². The van der Waals surface area contributed by atoms with E-state index in [2.05, 4.69) is 44.6 Å². The summed E-state index contributed by atoms with van der Waals surface area (Å²) in [4.78, 5) is 31.8. The van der Waals surface area contributed by atoms with Crippen molar-refractivity contribution in [2.24, 2.45) is 23.7 Å². The van der Waals surface area contributed by atoms with Gasteiger partial charge < -0.3 is 15.5 Å². The van der Waals surface area contributed by atoms with Gasteiger partial charge in [0, 0.05) is 17.9 Å². The normalized spacial score (nSPS) is 40.5. The second-order valence-electron chi connectivity index (χ2n) is 9.69. The first kappa shape index (κ1) is 23.1. The maximum atomic E-state index is 13.4. The number of carbonyl (C=O) groups is 2. The summed E-state index contributed by atoms with van der Waals surface area (Å²) in [6, 6.07) is -0.0181. The molecule has 0 aromatic carbocycles. The van der Waals surface area contributed by atoms with E-state index in [0.29, 0.717) is 12.3 Å². The molecule has 0 aromatic rings. The number of allylic oxidation sites excluding steroid dienone is 2. The van der Waals surface area contributed by atoms with Crippen molar-refractivity contribution in [1.29, 1.82) is 0 Å². The van der Waals surface area contributed by atoms with Crippen LogP contribution in [0.5, 0.6) is 0 Å². The fraction of sp³-hybridized carbons (Fsp3) is 0.739. The molecule has 0 aromatic heterocycles. The first-order chi connectivity index (χ1) is 14.1. The lowest BCUT2D eigenvalue weighted by atomic mass is 9.63. The molecular weight excluding hydrogens is 384 g/mol. The monoisotopic (exact) mass is 420 g/mol. The average Bonchev–Trinajstić information content (AvgIpc) is 2.94. The quantitative estimate of drug-likeness (QED) is 0.506. The van der Waals surface area contributed by atoms with Gasteiger partial charge in [0.15, 0.2) is 11.4 Å². The van der Waals surface area contributed by atoms with Crippen molar-refractivity contribution in [1.82, 2.24) is 10.8 Å². The van der Waals surface area contributed by atoms with E-state index in [1.54, 1.807) is 0 Å². The Morgan fingerprint density at radius 1 is 1.20 bits per heavy atom. The third-order valence-corrected chi connectivity index (χ3v) is 6.97. The van der Waals surface area contributed by atoms with E-state index in [0.717, 1.165) is 12.0 Å². The molecule has 1 amide bonds. The number of aliphatic hydroxyl groups excluding tert-OH is 2. The molecule has 2 aliphatic heterocycles. The number of aliphatic hydroxyl groups is 2. The highest BCUT2D eigenvalue weighted by molar-refractivity contribution is 5.90. The van der Waals surface area contributed by atoms with Gasteiger partial charge in [0.2, 0.25) is 0 Å². The number of ketones is 1. The van der Waals surface area contributed by atoms with Crippen molar-refractivity contribution >= 4 is 11.7 Å². The molecule has 168 valence electrons. The second kappa shape index (κ2) is 8.91. The number of rotatable bonds is 2. The van der Waals surface area contributed by atoms with Crippen molar-refractivity contribution in [3.8, 4) is 0 Å². The fourth-order valence-corrected chi connectivity index (χ4v) is 5.28. The minimum absolute atomic E-state index is 0.0181. The summed E-state index contributed by atoms with van der Waals surface area (Å²) in [6.07, 6.45) is 3.12. The lowest BCUT2D eigenvalue weighted by Gasteiger charge is -2.45. The van der Waals surface area contributed by atoms with Gasteiger partial charge in [-0.25, -0.2) is 0 Å². The van der Waals surface area contributed by atoms with Gasteiger partial charge in [-0.05, 0) is 44.9 Å². The zero-order valence-corrected chi connectivity index (χ0v) is 18.6. The molecular formula is C23H36N2O5. The van der Waals surface area contributed by atoms with Gasteiger partial charge >= 0.3 is 0 Å². The number of hydrogen-bond donors (Lipinski definition) is 4. The van der Waals surface area contributed by atoms with Gasteiger partial charge in [-0.2, -0.15) is 5.48 Å². The Morgan fingerprint density at radius 2 is 1.90 bits per heavy atom. The van der Waals surface area contributed by atoms with Gasteiger partial charge in [-0.15, -0.1) is 0 Å². The molecule has 1 fully saturated rings. The molecule has 1 aliphatic carbocycles. The Kier molecular flexibility index (Phi) is 6.87. The van der Waals surface area contributed by atoms with Crippen LogP contribution in [-0.4, -0.2) is 52.3 Å². The van der Waals surface area contributed by atoms with Crippen LogP contribution >= 0.6 is 0 Å². The van der Waals surface area contributed by atoms with Crippen molar-refractivity contribution in [3.63, 3.8) is 0 Å². The van der Waals surface area contributed by atoms with E-state index in [9.17, 15) is 19.8 Å². The Bertz CT molecular complexity index is 746. The van der Waals surface area contributed by atoms with Crippen LogP contribution in [0.25, 0.3) is 0 Å². The Labute approximate surface area is 178 Å². The highest BCUT2D eigenvalue weighted by Gasteiger charge is 2.63. The average molecular weight is 421 g/mol. The molecule has 7 heteroatoms. The number of β-amino-alcohol motifs (C(OH)–C–C–N with tert-alkyl or cyclic N) is 1. The molecule has 3 aliphatic rings. The van der Waals surface area contributed by atoms with Crippen LogP contribution in [0.1, 0.15) is 53.9 Å². The number of hydrogen-bond acceptors (Lipinski definition) is 6. The summed E-state index contributed by atoms with van der Waals surface area (Å²) in [6.45, 7) is 10.3. The molecule has 2 heterocycles. The Balaban J connectivity index is 2.06. The van der Waals surface area contributed by atoms with Crippen molar-refractivity contribution in [2.45, 2.75) is 77.7 Å². The van der Waals surface area contributed by atoms with E-state index in [1.165, 1.54) is 5.57 Å². The van der Waals surface area contributed by atoms with Gasteiger partial charge in [-0.1, -0.05) is 44.1 Å². The third-order valence-electron chi connectivity index (χ3n) is 6.97. The Morgan fingerprint density at radius 3 is 2.57 bits per heavy atom. The van der Waals surface area contributed by atoms with Crippen LogP contribution < -0.4 is 10.8 Å². The van der Waals surface area contributed by atoms with Gasteiger partial charge in [-0.3, -0.25) is 14.4 Å². The molecule has 0 radical (unpaired) electrons. The standard InChI is InChI=1S/C23H36N2O5/c1-12(2)8-17-20-15(5)14(4)10-16-9-13(3)6-7-18(26)21(28)19(27)11-24-30-23(16,20)22(29)25-17/h9-10,12,15-20,24,26-27H,6-8,11H2,1-5H3,(H,25,29)/t15-,16+,17+,18-,19+,20+,23-/m1/s1. The minimum Gasteiger partial charge on any atom is -0.385 e. The SMILES string of the molecule is CC1=C[C@H]2C=C(C)[C@@H](C)[C@H]3[C@H](CC(C)C)NC(=O)[C@@]23ONC[C@H](O)C(=O)[C@H](O)CC1. The zero-order chi connectivity index (χ0) is 22.2. The molecule has 7 atom stereocenters. The lowest BCUT2D eigenvalue weighted by Crippen LogP contribution is -2.58. The van der Waals surface area contributed by atoms with Crippen LogP contribution in [0.4, 0.5) is 0 Å². The second-order valence-corrected chi connectivity index (χ2v) is 9.69. The van der Waals surface area contributed by atoms with Crippen molar-refractivity contribution < 1.29 is 24.6 Å².